The van der Waals surface area contributed by atoms with Crippen molar-refractivity contribution < 1.29 is 13.2 Å². The molecule has 0 aromatic carbocycles. The van der Waals surface area contributed by atoms with Crippen LogP contribution in [-0.4, -0.2) is 47.5 Å². The molecule has 102 valence electrons. The third kappa shape index (κ3) is 6.35. The molecule has 1 saturated carbocycles. The monoisotopic (exact) mass is 264 g/mol. The lowest BCUT2D eigenvalue weighted by atomic mass is 10.0. The Labute approximate surface area is 104 Å². The predicted molar refractivity (Wildman–Crippen MR) is 68.5 cm³/mol. The van der Waals surface area contributed by atoms with E-state index in [9.17, 15) is 8.42 Å². The van der Waals surface area contributed by atoms with E-state index in [2.05, 4.69) is 10.0 Å². The van der Waals surface area contributed by atoms with Gasteiger partial charge in [0.25, 0.3) is 0 Å². The van der Waals surface area contributed by atoms with E-state index >= 15 is 0 Å². The number of ether oxygens (including phenoxy) is 1. The Balaban J connectivity index is 2.24. The summed E-state index contributed by atoms with van der Waals surface area (Å²) in [4.78, 5) is 0. The molecule has 5 nitrogen and oxygen atoms in total. The average Bonchev–Trinajstić information content (AvgIpc) is 2.68. The summed E-state index contributed by atoms with van der Waals surface area (Å²) in [5.74, 6) is 0.423. The Kier molecular flexibility index (Phi) is 6.40. The molecule has 2 N–H and O–H groups in total. The molecule has 0 amide bonds. The molecular weight excluding hydrogens is 240 g/mol. The fourth-order valence-electron chi connectivity index (χ4n) is 2.31. The van der Waals surface area contributed by atoms with E-state index in [1.807, 2.05) is 0 Å². The molecular formula is C11H24N2O3S. The summed E-state index contributed by atoms with van der Waals surface area (Å²) in [7, 11) is -1.36. The Morgan fingerprint density at radius 2 is 2.12 bits per heavy atom. The van der Waals surface area contributed by atoms with E-state index in [0.717, 1.165) is 32.4 Å². The lowest BCUT2D eigenvalue weighted by molar-refractivity contribution is 0.192. The van der Waals surface area contributed by atoms with Crippen LogP contribution in [0.5, 0.6) is 0 Å². The third-order valence-electron chi connectivity index (χ3n) is 3.20. The van der Waals surface area contributed by atoms with Gasteiger partial charge in [-0.2, -0.15) is 0 Å². The highest BCUT2D eigenvalue weighted by atomic mass is 32.2. The van der Waals surface area contributed by atoms with Crippen LogP contribution in [0, 0.1) is 5.92 Å². The Morgan fingerprint density at radius 3 is 2.76 bits per heavy atom. The number of nitrogens with one attached hydrogen (secondary N) is 2. The van der Waals surface area contributed by atoms with Crippen molar-refractivity contribution >= 4 is 10.0 Å². The summed E-state index contributed by atoms with van der Waals surface area (Å²) in [5, 5.41) is 3.49. The van der Waals surface area contributed by atoms with Crippen LogP contribution in [0.1, 0.15) is 25.7 Å². The maximum Gasteiger partial charge on any atom is 0.208 e. The zero-order chi connectivity index (χ0) is 12.7. The summed E-state index contributed by atoms with van der Waals surface area (Å²) >= 11 is 0. The van der Waals surface area contributed by atoms with Crippen molar-refractivity contribution in [3.8, 4) is 0 Å². The van der Waals surface area contributed by atoms with Crippen LogP contribution < -0.4 is 10.0 Å². The van der Waals surface area contributed by atoms with Gasteiger partial charge in [-0.05, 0) is 31.7 Å². The average molecular weight is 264 g/mol. The minimum absolute atomic E-state index is 0.423. The SMILES string of the molecule is COCCCN[C@H]1CCC[C@@H]1CNS(C)(=O)=O. The molecule has 1 aliphatic carbocycles. The Bertz CT molecular complexity index is 306. The lowest BCUT2D eigenvalue weighted by Gasteiger charge is -2.21. The molecule has 1 rings (SSSR count). The number of hydrogen-bond donors (Lipinski definition) is 2. The maximum absolute atomic E-state index is 11.0. The molecule has 0 heterocycles. The Hall–Kier alpha value is -0.170. The van der Waals surface area contributed by atoms with Crippen molar-refractivity contribution in [1.82, 2.24) is 10.0 Å². The molecule has 1 aliphatic rings. The number of methoxy groups -OCH3 is 1. The van der Waals surface area contributed by atoms with Crippen molar-refractivity contribution in [3.05, 3.63) is 0 Å². The summed E-state index contributed by atoms with van der Waals surface area (Å²) in [6.45, 7) is 2.26. The lowest BCUT2D eigenvalue weighted by Crippen LogP contribution is -2.39. The second kappa shape index (κ2) is 7.31. The van der Waals surface area contributed by atoms with Crippen LogP contribution in [0.3, 0.4) is 0 Å². The first-order valence-corrected chi connectivity index (χ1v) is 8.09. The quantitative estimate of drug-likeness (QED) is 0.620. The zero-order valence-corrected chi connectivity index (χ0v) is 11.6. The minimum atomic E-state index is -3.06. The number of hydrogen-bond acceptors (Lipinski definition) is 4. The van der Waals surface area contributed by atoms with Crippen LogP contribution in [0.25, 0.3) is 0 Å². The van der Waals surface area contributed by atoms with Gasteiger partial charge in [-0.25, -0.2) is 13.1 Å². The zero-order valence-electron chi connectivity index (χ0n) is 10.7. The summed E-state index contributed by atoms with van der Waals surface area (Å²) < 4.78 is 29.7. The highest BCUT2D eigenvalue weighted by molar-refractivity contribution is 7.88. The topological polar surface area (TPSA) is 67.4 Å². The number of sulfonamides is 1. The summed E-state index contributed by atoms with van der Waals surface area (Å²) in [6.07, 6.45) is 5.63. The van der Waals surface area contributed by atoms with Gasteiger partial charge in [-0.3, -0.25) is 0 Å². The van der Waals surface area contributed by atoms with E-state index in [1.165, 1.54) is 12.7 Å². The molecule has 0 aromatic heterocycles. The first-order valence-electron chi connectivity index (χ1n) is 6.20. The molecule has 0 aliphatic heterocycles. The largest absolute Gasteiger partial charge is 0.385 e. The molecule has 0 spiro atoms. The van der Waals surface area contributed by atoms with Gasteiger partial charge in [0.1, 0.15) is 0 Å². The first kappa shape index (κ1) is 14.9. The van der Waals surface area contributed by atoms with Crippen molar-refractivity contribution in [2.75, 3.05) is 33.1 Å². The van der Waals surface area contributed by atoms with Crippen LogP contribution in [0.15, 0.2) is 0 Å². The normalized spacial score (nSPS) is 25.3. The molecule has 1 fully saturated rings. The molecule has 0 unspecified atom stereocenters. The molecule has 0 radical (unpaired) electrons. The fourth-order valence-corrected chi connectivity index (χ4v) is 2.83. The molecule has 0 saturated heterocycles. The van der Waals surface area contributed by atoms with Gasteiger partial charge in [0.15, 0.2) is 0 Å². The van der Waals surface area contributed by atoms with E-state index in [-0.39, 0.29) is 0 Å². The van der Waals surface area contributed by atoms with Crippen LogP contribution >= 0.6 is 0 Å². The third-order valence-corrected chi connectivity index (χ3v) is 3.89. The summed E-state index contributed by atoms with van der Waals surface area (Å²) in [6, 6.07) is 0.445. The molecule has 0 bridgehead atoms. The van der Waals surface area contributed by atoms with E-state index in [0.29, 0.717) is 18.5 Å². The van der Waals surface area contributed by atoms with Crippen molar-refractivity contribution in [2.45, 2.75) is 31.7 Å². The van der Waals surface area contributed by atoms with Crippen LogP contribution in [-0.2, 0) is 14.8 Å². The molecule has 6 heteroatoms. The predicted octanol–water partition coefficient (Wildman–Crippen LogP) is 0.330. The highest BCUT2D eigenvalue weighted by Gasteiger charge is 2.26. The second-order valence-electron chi connectivity index (χ2n) is 4.72. The van der Waals surface area contributed by atoms with Gasteiger partial charge in [0, 0.05) is 26.3 Å². The van der Waals surface area contributed by atoms with Gasteiger partial charge < -0.3 is 10.1 Å². The Morgan fingerprint density at radius 1 is 1.35 bits per heavy atom. The smallest absolute Gasteiger partial charge is 0.208 e. The maximum atomic E-state index is 11.0. The van der Waals surface area contributed by atoms with Crippen molar-refractivity contribution in [1.29, 1.82) is 0 Å². The first-order chi connectivity index (χ1) is 8.03. The summed E-state index contributed by atoms with van der Waals surface area (Å²) in [5.41, 5.74) is 0. The number of rotatable bonds is 8. The van der Waals surface area contributed by atoms with E-state index in [1.54, 1.807) is 7.11 Å². The van der Waals surface area contributed by atoms with Gasteiger partial charge in [-0.1, -0.05) is 6.42 Å². The van der Waals surface area contributed by atoms with E-state index < -0.39 is 10.0 Å². The van der Waals surface area contributed by atoms with Gasteiger partial charge >= 0.3 is 0 Å². The molecule has 2 atom stereocenters. The van der Waals surface area contributed by atoms with Crippen LogP contribution in [0.2, 0.25) is 0 Å². The fraction of sp³-hybridized carbons (Fsp3) is 1.00. The minimum Gasteiger partial charge on any atom is -0.385 e. The highest BCUT2D eigenvalue weighted by Crippen LogP contribution is 2.25. The molecule has 17 heavy (non-hydrogen) atoms. The van der Waals surface area contributed by atoms with Gasteiger partial charge in [0.05, 0.1) is 6.26 Å². The van der Waals surface area contributed by atoms with Crippen molar-refractivity contribution in [3.63, 3.8) is 0 Å². The van der Waals surface area contributed by atoms with Crippen molar-refractivity contribution in [2.24, 2.45) is 5.92 Å². The van der Waals surface area contributed by atoms with E-state index in [4.69, 9.17) is 4.74 Å². The standard InChI is InChI=1S/C11H24N2O3S/c1-16-8-4-7-12-11-6-3-5-10(11)9-13-17(2,14)15/h10-13H,3-9H2,1-2H3/t10-,11+/m1/s1. The second-order valence-corrected chi connectivity index (χ2v) is 6.55. The molecule has 0 aromatic rings. The van der Waals surface area contributed by atoms with Crippen LogP contribution in [0.4, 0.5) is 0 Å². The van der Waals surface area contributed by atoms with Gasteiger partial charge in [-0.15, -0.1) is 0 Å². The van der Waals surface area contributed by atoms with Gasteiger partial charge in [0.2, 0.25) is 10.0 Å².